The van der Waals surface area contributed by atoms with E-state index in [1.165, 1.54) is 7.11 Å². The maximum absolute atomic E-state index is 11.6. The summed E-state index contributed by atoms with van der Waals surface area (Å²) in [7, 11) is 1.35. The first-order valence-corrected chi connectivity index (χ1v) is 6.80. The van der Waals surface area contributed by atoms with Crippen LogP contribution in [0.2, 0.25) is 0 Å². The van der Waals surface area contributed by atoms with Crippen LogP contribution in [0, 0.1) is 0 Å². The van der Waals surface area contributed by atoms with Crippen molar-refractivity contribution in [1.29, 1.82) is 0 Å². The average molecular weight is 289 g/mol. The van der Waals surface area contributed by atoms with Crippen LogP contribution < -0.4 is 10.1 Å². The lowest BCUT2D eigenvalue weighted by molar-refractivity contribution is -0.116. The molecule has 0 bridgehead atoms. The normalized spacial score (nSPS) is 15.7. The predicted molar refractivity (Wildman–Crippen MR) is 78.3 cm³/mol. The minimum Gasteiger partial charge on any atom is -0.488 e. The molecule has 112 valence electrons. The zero-order chi connectivity index (χ0) is 15.4. The van der Waals surface area contributed by atoms with E-state index in [0.29, 0.717) is 18.5 Å². The first-order valence-electron chi connectivity index (χ1n) is 6.80. The molecule has 0 saturated carbocycles. The maximum Gasteiger partial charge on any atom is 0.337 e. The molecule has 1 aliphatic rings. The smallest absolute Gasteiger partial charge is 0.337 e. The molecular formula is C16H19NO4. The fourth-order valence-corrected chi connectivity index (χ4v) is 2.21. The fourth-order valence-electron chi connectivity index (χ4n) is 2.21. The van der Waals surface area contributed by atoms with E-state index in [9.17, 15) is 9.59 Å². The van der Waals surface area contributed by atoms with Gasteiger partial charge in [0.2, 0.25) is 5.91 Å². The summed E-state index contributed by atoms with van der Waals surface area (Å²) in [6.07, 6.45) is 2.11. The van der Waals surface area contributed by atoms with Gasteiger partial charge in [-0.2, -0.15) is 0 Å². The number of benzene rings is 1. The molecule has 1 amide bonds. The number of nitrogens with one attached hydrogen (secondary N) is 1. The summed E-state index contributed by atoms with van der Waals surface area (Å²) in [5, 5.41) is 2.81. The van der Waals surface area contributed by atoms with Crippen molar-refractivity contribution >= 4 is 11.9 Å². The van der Waals surface area contributed by atoms with Crippen LogP contribution in [0.5, 0.6) is 5.75 Å². The Labute approximate surface area is 123 Å². The van der Waals surface area contributed by atoms with Crippen molar-refractivity contribution in [3.63, 3.8) is 0 Å². The van der Waals surface area contributed by atoms with Crippen LogP contribution in [-0.2, 0) is 16.0 Å². The number of ether oxygens (including phenoxy) is 2. The van der Waals surface area contributed by atoms with Gasteiger partial charge in [-0.1, -0.05) is 5.57 Å². The number of carbonyl (C=O) groups excluding carboxylic acids is 2. The van der Waals surface area contributed by atoms with Crippen molar-refractivity contribution in [3.8, 4) is 5.75 Å². The first-order chi connectivity index (χ1) is 9.99. The Morgan fingerprint density at radius 1 is 1.43 bits per heavy atom. The van der Waals surface area contributed by atoms with Crippen LogP contribution in [0.3, 0.4) is 0 Å². The molecule has 1 heterocycles. The van der Waals surface area contributed by atoms with Gasteiger partial charge in [-0.15, -0.1) is 0 Å². The fraction of sp³-hybridized carbons (Fsp3) is 0.375. The van der Waals surface area contributed by atoms with Gasteiger partial charge < -0.3 is 14.8 Å². The van der Waals surface area contributed by atoms with Gasteiger partial charge in [-0.25, -0.2) is 4.79 Å². The monoisotopic (exact) mass is 289 g/mol. The summed E-state index contributed by atoms with van der Waals surface area (Å²) >= 11 is 0. The number of rotatable bonds is 4. The highest BCUT2D eigenvalue weighted by atomic mass is 16.5. The maximum atomic E-state index is 11.6. The van der Waals surface area contributed by atoms with Crippen LogP contribution in [0.15, 0.2) is 29.8 Å². The number of hydrogen-bond acceptors (Lipinski definition) is 4. The van der Waals surface area contributed by atoms with Gasteiger partial charge in [0.25, 0.3) is 0 Å². The second-order valence-corrected chi connectivity index (χ2v) is 5.22. The number of allylic oxidation sites excluding steroid dienone is 1. The topological polar surface area (TPSA) is 64.6 Å². The Morgan fingerprint density at radius 3 is 2.86 bits per heavy atom. The summed E-state index contributed by atoms with van der Waals surface area (Å²) in [4.78, 5) is 23.0. The summed E-state index contributed by atoms with van der Waals surface area (Å²) in [5.74, 6) is 0.270. The highest BCUT2D eigenvalue weighted by Crippen LogP contribution is 2.29. The van der Waals surface area contributed by atoms with Crippen LogP contribution in [0.25, 0.3) is 0 Å². The van der Waals surface area contributed by atoms with E-state index >= 15 is 0 Å². The van der Waals surface area contributed by atoms with E-state index in [4.69, 9.17) is 9.47 Å². The van der Waals surface area contributed by atoms with Crippen molar-refractivity contribution in [2.24, 2.45) is 0 Å². The zero-order valence-electron chi connectivity index (χ0n) is 12.4. The lowest BCUT2D eigenvalue weighted by Gasteiger charge is -2.10. The molecule has 1 N–H and O–H groups in total. The summed E-state index contributed by atoms with van der Waals surface area (Å²) < 4.78 is 10.4. The molecule has 1 aromatic carbocycles. The second kappa shape index (κ2) is 6.43. The zero-order valence-corrected chi connectivity index (χ0v) is 12.4. The Hall–Kier alpha value is -2.30. The highest BCUT2D eigenvalue weighted by molar-refractivity contribution is 5.90. The molecule has 0 spiro atoms. The highest BCUT2D eigenvalue weighted by Gasteiger charge is 2.24. The van der Waals surface area contributed by atoms with Gasteiger partial charge in [-0.3, -0.25) is 4.79 Å². The molecule has 2 rings (SSSR count). The standard InChI is InChI=1S/C16H19NO4/c1-10(2)6-15(18)17-9-13-8-12-7-11(16(19)20-3)4-5-14(12)21-13/h4-7,13H,8-9H2,1-3H3,(H,17,18)/t13-/m1/s1. The lowest BCUT2D eigenvalue weighted by atomic mass is 10.1. The van der Waals surface area contributed by atoms with Gasteiger partial charge in [0.05, 0.1) is 19.2 Å². The molecule has 1 atom stereocenters. The number of hydrogen-bond donors (Lipinski definition) is 1. The molecule has 0 radical (unpaired) electrons. The summed E-state index contributed by atoms with van der Waals surface area (Å²) in [6, 6.07) is 5.22. The van der Waals surface area contributed by atoms with E-state index in [1.54, 1.807) is 24.3 Å². The third kappa shape index (κ3) is 3.84. The van der Waals surface area contributed by atoms with Gasteiger partial charge >= 0.3 is 5.97 Å². The number of esters is 1. The molecule has 1 aromatic rings. The third-order valence-corrected chi connectivity index (χ3v) is 3.15. The number of fused-ring (bicyclic) bond motifs is 1. The predicted octanol–water partition coefficient (Wildman–Crippen LogP) is 1.86. The average Bonchev–Trinajstić information content (AvgIpc) is 2.85. The SMILES string of the molecule is COC(=O)c1ccc2c(c1)C[C@H](CNC(=O)C=C(C)C)O2. The Morgan fingerprint density at radius 2 is 2.19 bits per heavy atom. The quantitative estimate of drug-likeness (QED) is 0.679. The number of amides is 1. The Bertz CT molecular complexity index is 588. The molecule has 5 heteroatoms. The van der Waals surface area contributed by atoms with Gasteiger partial charge in [0, 0.05) is 12.5 Å². The Kier molecular flexibility index (Phi) is 4.62. The molecule has 1 aliphatic heterocycles. The lowest BCUT2D eigenvalue weighted by Crippen LogP contribution is -2.33. The molecule has 5 nitrogen and oxygen atoms in total. The van der Waals surface area contributed by atoms with E-state index in [2.05, 4.69) is 5.32 Å². The van der Waals surface area contributed by atoms with Crippen LogP contribution >= 0.6 is 0 Å². The number of carbonyl (C=O) groups is 2. The van der Waals surface area contributed by atoms with E-state index in [0.717, 1.165) is 16.9 Å². The molecule has 0 aromatic heterocycles. The minimum absolute atomic E-state index is 0.109. The van der Waals surface area contributed by atoms with Crippen molar-refractivity contribution in [1.82, 2.24) is 5.32 Å². The van der Waals surface area contributed by atoms with E-state index in [-0.39, 0.29) is 18.0 Å². The Balaban J connectivity index is 1.95. The molecule has 0 aliphatic carbocycles. The minimum atomic E-state index is -0.363. The van der Waals surface area contributed by atoms with Gasteiger partial charge in [0.1, 0.15) is 11.9 Å². The summed E-state index contributed by atoms with van der Waals surface area (Å²) in [5.41, 5.74) is 2.42. The third-order valence-electron chi connectivity index (χ3n) is 3.15. The van der Waals surface area contributed by atoms with Gasteiger partial charge in [0.15, 0.2) is 0 Å². The molecule has 0 unspecified atom stereocenters. The molecule has 21 heavy (non-hydrogen) atoms. The molecular weight excluding hydrogens is 270 g/mol. The van der Waals surface area contributed by atoms with E-state index < -0.39 is 0 Å². The van der Waals surface area contributed by atoms with Crippen LogP contribution in [-0.4, -0.2) is 31.6 Å². The molecule has 0 fully saturated rings. The van der Waals surface area contributed by atoms with E-state index in [1.807, 2.05) is 13.8 Å². The van der Waals surface area contributed by atoms with Crippen molar-refractivity contribution in [2.75, 3.05) is 13.7 Å². The second-order valence-electron chi connectivity index (χ2n) is 5.22. The van der Waals surface area contributed by atoms with Crippen molar-refractivity contribution < 1.29 is 19.1 Å². The van der Waals surface area contributed by atoms with Crippen LogP contribution in [0.4, 0.5) is 0 Å². The first kappa shape index (κ1) is 15.1. The largest absolute Gasteiger partial charge is 0.488 e. The number of methoxy groups -OCH3 is 1. The van der Waals surface area contributed by atoms with Gasteiger partial charge in [-0.05, 0) is 37.6 Å². The van der Waals surface area contributed by atoms with Crippen molar-refractivity contribution in [3.05, 3.63) is 41.0 Å². The summed E-state index contributed by atoms with van der Waals surface area (Å²) in [6.45, 7) is 4.18. The van der Waals surface area contributed by atoms with Crippen LogP contribution in [0.1, 0.15) is 29.8 Å². The molecule has 0 saturated heterocycles. The van der Waals surface area contributed by atoms with Crippen molar-refractivity contribution in [2.45, 2.75) is 26.4 Å².